The molecular weight excluding hydrogens is 196 g/mol. The van der Waals surface area contributed by atoms with Gasteiger partial charge in [-0.2, -0.15) is 0 Å². The molecule has 0 saturated heterocycles. The molecule has 0 spiro atoms. The molecular formula is C11H14O4. The molecule has 0 saturated carbocycles. The zero-order valence-corrected chi connectivity index (χ0v) is 8.60. The van der Waals surface area contributed by atoms with Crippen LogP contribution < -0.4 is 9.47 Å². The van der Waals surface area contributed by atoms with Crippen LogP contribution >= 0.6 is 0 Å². The lowest BCUT2D eigenvalue weighted by molar-refractivity contribution is 0.144. The number of rotatable bonds is 5. The van der Waals surface area contributed by atoms with Gasteiger partial charge in [-0.05, 0) is 30.7 Å². The van der Waals surface area contributed by atoms with Crippen molar-refractivity contribution in [2.24, 2.45) is 0 Å². The smallest absolute Gasteiger partial charge is 0.494 e. The maximum atomic E-state index is 10.2. The van der Waals surface area contributed by atoms with Crippen molar-refractivity contribution in [1.29, 1.82) is 0 Å². The van der Waals surface area contributed by atoms with E-state index in [1.165, 1.54) is 0 Å². The van der Waals surface area contributed by atoms with Crippen molar-refractivity contribution in [3.8, 4) is 11.5 Å². The fourth-order valence-electron chi connectivity index (χ4n) is 1.04. The lowest BCUT2D eigenvalue weighted by Gasteiger charge is -2.05. The third kappa shape index (κ3) is 4.35. The van der Waals surface area contributed by atoms with E-state index < -0.39 is 6.16 Å². The highest BCUT2D eigenvalue weighted by Gasteiger charge is 2.00. The van der Waals surface area contributed by atoms with E-state index in [0.717, 1.165) is 18.6 Å². The third-order valence-corrected chi connectivity index (χ3v) is 1.80. The van der Waals surface area contributed by atoms with Crippen LogP contribution in [0.15, 0.2) is 24.3 Å². The number of benzene rings is 1. The second kappa shape index (κ2) is 5.90. The number of unbranched alkanes of at least 4 members (excludes halogenated alkanes) is 1. The fourth-order valence-corrected chi connectivity index (χ4v) is 1.04. The second-order valence-electron chi connectivity index (χ2n) is 3.04. The van der Waals surface area contributed by atoms with Crippen LogP contribution in [0.25, 0.3) is 0 Å². The van der Waals surface area contributed by atoms with Crippen molar-refractivity contribution in [2.45, 2.75) is 19.8 Å². The van der Waals surface area contributed by atoms with Crippen LogP contribution in [0, 0.1) is 0 Å². The summed E-state index contributed by atoms with van der Waals surface area (Å²) in [6.07, 6.45) is 0.780. The normalized spacial score (nSPS) is 9.67. The van der Waals surface area contributed by atoms with E-state index in [9.17, 15) is 4.79 Å². The molecule has 0 heterocycles. The monoisotopic (exact) mass is 210 g/mol. The van der Waals surface area contributed by atoms with Crippen LogP contribution in [0.2, 0.25) is 0 Å². The first-order chi connectivity index (χ1) is 7.22. The molecule has 1 N–H and O–H groups in total. The molecule has 0 atom stereocenters. The first-order valence-corrected chi connectivity index (χ1v) is 4.86. The van der Waals surface area contributed by atoms with E-state index in [1.807, 2.05) is 0 Å². The molecule has 1 aromatic rings. The Bertz CT molecular complexity index is 305. The number of hydrogen-bond donors (Lipinski definition) is 1. The van der Waals surface area contributed by atoms with Crippen molar-refractivity contribution in [1.82, 2.24) is 0 Å². The Kier molecular flexibility index (Phi) is 4.47. The summed E-state index contributed by atoms with van der Waals surface area (Å²) in [5.74, 6) is 1.02. The highest BCUT2D eigenvalue weighted by atomic mass is 16.7. The summed E-state index contributed by atoms with van der Waals surface area (Å²) in [5.41, 5.74) is 0. The molecule has 4 heteroatoms. The van der Waals surface area contributed by atoms with Gasteiger partial charge in [0.15, 0.2) is 0 Å². The Balaban J connectivity index is 2.45. The summed E-state index contributed by atoms with van der Waals surface area (Å²) < 4.78 is 9.86. The Labute approximate surface area is 88.4 Å². The van der Waals surface area contributed by atoms with Crippen molar-refractivity contribution in [3.05, 3.63) is 24.3 Å². The minimum absolute atomic E-state index is 0.297. The molecule has 0 unspecified atom stereocenters. The molecule has 82 valence electrons. The van der Waals surface area contributed by atoms with Gasteiger partial charge in [0.05, 0.1) is 6.61 Å². The first-order valence-electron chi connectivity index (χ1n) is 4.86. The Hall–Kier alpha value is -1.71. The summed E-state index contributed by atoms with van der Waals surface area (Å²) in [6, 6.07) is 6.51. The molecule has 1 rings (SSSR count). The third-order valence-electron chi connectivity index (χ3n) is 1.80. The molecule has 0 radical (unpaired) electrons. The van der Waals surface area contributed by atoms with Gasteiger partial charge in [0, 0.05) is 0 Å². The molecule has 0 aliphatic heterocycles. The average molecular weight is 210 g/mol. The summed E-state index contributed by atoms with van der Waals surface area (Å²) in [7, 11) is 0. The molecule has 0 aliphatic carbocycles. The second-order valence-corrected chi connectivity index (χ2v) is 3.04. The molecule has 0 fully saturated rings. The highest BCUT2D eigenvalue weighted by Crippen LogP contribution is 2.17. The van der Waals surface area contributed by atoms with Crippen LogP contribution in [0.1, 0.15) is 19.8 Å². The van der Waals surface area contributed by atoms with E-state index in [4.69, 9.17) is 9.84 Å². The van der Waals surface area contributed by atoms with Gasteiger partial charge in [-0.25, -0.2) is 4.79 Å². The topological polar surface area (TPSA) is 55.8 Å². The van der Waals surface area contributed by atoms with E-state index in [0.29, 0.717) is 12.4 Å². The van der Waals surface area contributed by atoms with Crippen LogP contribution in [0.5, 0.6) is 11.5 Å². The van der Waals surface area contributed by atoms with Crippen LogP contribution in [0.4, 0.5) is 4.79 Å². The predicted octanol–water partition coefficient (Wildman–Crippen LogP) is 2.92. The maximum absolute atomic E-state index is 10.2. The van der Waals surface area contributed by atoms with Gasteiger partial charge >= 0.3 is 6.16 Å². The zero-order chi connectivity index (χ0) is 11.1. The van der Waals surface area contributed by atoms with Gasteiger partial charge in [0.25, 0.3) is 0 Å². The van der Waals surface area contributed by atoms with Gasteiger partial charge in [0.1, 0.15) is 11.5 Å². The van der Waals surface area contributed by atoms with Gasteiger partial charge in [-0.15, -0.1) is 0 Å². The van der Waals surface area contributed by atoms with Gasteiger partial charge < -0.3 is 14.6 Å². The highest BCUT2D eigenvalue weighted by molar-refractivity contribution is 5.61. The van der Waals surface area contributed by atoms with Crippen molar-refractivity contribution >= 4 is 6.16 Å². The fraction of sp³-hybridized carbons (Fsp3) is 0.364. The first kappa shape index (κ1) is 11.4. The molecule has 0 aliphatic rings. The SMILES string of the molecule is CCCCOc1ccc(OC(=O)O)cc1. The minimum Gasteiger partial charge on any atom is -0.494 e. The van der Waals surface area contributed by atoms with Gasteiger partial charge in [-0.3, -0.25) is 0 Å². The lowest BCUT2D eigenvalue weighted by Crippen LogP contribution is -2.02. The Morgan fingerprint density at radius 1 is 1.27 bits per heavy atom. The average Bonchev–Trinajstić information content (AvgIpc) is 2.20. The summed E-state index contributed by atoms with van der Waals surface area (Å²) >= 11 is 0. The summed E-state index contributed by atoms with van der Waals surface area (Å²) in [6.45, 7) is 2.77. The molecule has 1 aromatic carbocycles. The molecule has 0 aromatic heterocycles. The molecule has 0 amide bonds. The number of carboxylic acid groups (broad SMARTS) is 1. The largest absolute Gasteiger partial charge is 0.511 e. The van der Waals surface area contributed by atoms with Crippen LogP contribution in [0.3, 0.4) is 0 Å². The quantitative estimate of drug-likeness (QED) is 0.461. The summed E-state index contributed by atoms with van der Waals surface area (Å²) in [4.78, 5) is 10.2. The van der Waals surface area contributed by atoms with E-state index in [-0.39, 0.29) is 0 Å². The Morgan fingerprint density at radius 3 is 2.40 bits per heavy atom. The van der Waals surface area contributed by atoms with Crippen LogP contribution in [-0.4, -0.2) is 17.9 Å². The van der Waals surface area contributed by atoms with E-state index in [2.05, 4.69) is 11.7 Å². The van der Waals surface area contributed by atoms with Crippen LogP contribution in [-0.2, 0) is 0 Å². The molecule has 4 nitrogen and oxygen atoms in total. The van der Waals surface area contributed by atoms with E-state index >= 15 is 0 Å². The predicted molar refractivity (Wildman–Crippen MR) is 55.5 cm³/mol. The lowest BCUT2D eigenvalue weighted by atomic mass is 10.3. The van der Waals surface area contributed by atoms with E-state index in [1.54, 1.807) is 24.3 Å². The standard InChI is InChI=1S/C11H14O4/c1-2-3-8-14-9-4-6-10(7-5-9)15-11(12)13/h4-7H,2-3,8H2,1H3,(H,12,13). The van der Waals surface area contributed by atoms with Gasteiger partial charge in [0.2, 0.25) is 0 Å². The van der Waals surface area contributed by atoms with Gasteiger partial charge in [-0.1, -0.05) is 13.3 Å². The minimum atomic E-state index is -1.31. The Morgan fingerprint density at radius 2 is 1.87 bits per heavy atom. The summed E-state index contributed by atoms with van der Waals surface area (Å²) in [5, 5.41) is 8.36. The number of hydrogen-bond acceptors (Lipinski definition) is 3. The zero-order valence-electron chi connectivity index (χ0n) is 8.60. The van der Waals surface area contributed by atoms with Crippen molar-refractivity contribution < 1.29 is 19.4 Å². The number of ether oxygens (including phenoxy) is 2. The van der Waals surface area contributed by atoms with Crippen molar-refractivity contribution in [3.63, 3.8) is 0 Å². The van der Waals surface area contributed by atoms with Crippen molar-refractivity contribution in [2.75, 3.05) is 6.61 Å². The molecule has 0 bridgehead atoms. The number of carbonyl (C=O) groups is 1. The molecule has 15 heavy (non-hydrogen) atoms. The maximum Gasteiger partial charge on any atom is 0.511 e.